The quantitative estimate of drug-likeness (QED) is 0.176. The molecular weight excluding hydrogens is 717 g/mol. The maximum Gasteiger partial charge on any atom is 0.164 e. The van der Waals surface area contributed by atoms with E-state index in [0.717, 1.165) is 55.4 Å². The molecule has 0 aliphatic rings. The van der Waals surface area contributed by atoms with Crippen molar-refractivity contribution in [1.82, 2.24) is 19.5 Å². The van der Waals surface area contributed by atoms with E-state index in [1.807, 2.05) is 84.1 Å². The van der Waals surface area contributed by atoms with Gasteiger partial charge in [0.15, 0.2) is 17.5 Å². The summed E-state index contributed by atoms with van der Waals surface area (Å²) in [6.45, 7) is 0. The van der Waals surface area contributed by atoms with Crippen LogP contribution in [0.2, 0.25) is 0 Å². The molecule has 57 heavy (non-hydrogen) atoms. The molecule has 0 aliphatic heterocycles. The molecule has 0 unspecified atom stereocenters. The lowest BCUT2D eigenvalue weighted by Gasteiger charge is -2.10. The molecule has 0 saturated heterocycles. The third-order valence-electron chi connectivity index (χ3n) is 11.1. The van der Waals surface area contributed by atoms with Gasteiger partial charge in [0.25, 0.3) is 0 Å². The second-order valence-corrected chi connectivity index (χ2v) is 15.4. The zero-order valence-electron chi connectivity index (χ0n) is 30.4. The first-order valence-electron chi connectivity index (χ1n) is 19.0. The third kappa shape index (κ3) is 5.04. The number of benzene rings is 8. The van der Waals surface area contributed by atoms with Gasteiger partial charge in [-0.2, -0.15) is 0 Å². The number of furan rings is 1. The predicted octanol–water partition coefficient (Wildman–Crippen LogP) is 13.9. The summed E-state index contributed by atoms with van der Waals surface area (Å²) >= 11 is 1.84. The van der Waals surface area contributed by atoms with Gasteiger partial charge in [0.05, 0.1) is 11.0 Å². The molecule has 12 aromatic rings. The Morgan fingerprint density at radius 1 is 0.386 bits per heavy atom. The fourth-order valence-electron chi connectivity index (χ4n) is 8.50. The highest BCUT2D eigenvalue weighted by molar-refractivity contribution is 7.25. The predicted molar refractivity (Wildman–Crippen MR) is 236 cm³/mol. The summed E-state index contributed by atoms with van der Waals surface area (Å²) < 4.78 is 11.5. The highest BCUT2D eigenvalue weighted by atomic mass is 32.1. The van der Waals surface area contributed by atoms with Crippen LogP contribution in [0.1, 0.15) is 0 Å². The second-order valence-electron chi connectivity index (χ2n) is 14.4. The van der Waals surface area contributed by atoms with Gasteiger partial charge in [0.1, 0.15) is 11.2 Å². The highest BCUT2D eigenvalue weighted by Crippen LogP contribution is 2.44. The molecule has 4 heterocycles. The third-order valence-corrected chi connectivity index (χ3v) is 12.2. The van der Waals surface area contributed by atoms with Gasteiger partial charge in [-0.3, -0.25) is 0 Å². The zero-order valence-corrected chi connectivity index (χ0v) is 31.2. The van der Waals surface area contributed by atoms with Crippen LogP contribution in [0.4, 0.5) is 0 Å². The Balaban J connectivity index is 1.06. The second kappa shape index (κ2) is 12.6. The number of hydrogen-bond acceptors (Lipinski definition) is 5. The van der Waals surface area contributed by atoms with Crippen molar-refractivity contribution in [3.05, 3.63) is 182 Å². The van der Waals surface area contributed by atoms with Gasteiger partial charge in [-0.1, -0.05) is 127 Å². The van der Waals surface area contributed by atoms with E-state index >= 15 is 0 Å². The van der Waals surface area contributed by atoms with Crippen LogP contribution >= 0.6 is 11.3 Å². The van der Waals surface area contributed by atoms with E-state index in [1.165, 1.54) is 42.0 Å². The topological polar surface area (TPSA) is 56.7 Å². The van der Waals surface area contributed by atoms with Crippen molar-refractivity contribution >= 4 is 75.3 Å². The van der Waals surface area contributed by atoms with Gasteiger partial charge in [-0.05, 0) is 65.7 Å². The lowest BCUT2D eigenvalue weighted by Crippen LogP contribution is -2.00. The van der Waals surface area contributed by atoms with Crippen molar-refractivity contribution in [2.24, 2.45) is 0 Å². The average Bonchev–Trinajstić information content (AvgIpc) is 3.96. The Bertz CT molecular complexity index is 3420. The average molecular weight is 747 g/mol. The smallest absolute Gasteiger partial charge is 0.164 e. The summed E-state index contributed by atoms with van der Waals surface area (Å²) in [6, 6.07) is 63.8. The van der Waals surface area contributed by atoms with Gasteiger partial charge < -0.3 is 8.98 Å². The molecule has 0 amide bonds. The maximum atomic E-state index is 6.60. The van der Waals surface area contributed by atoms with Gasteiger partial charge in [0.2, 0.25) is 0 Å². The van der Waals surface area contributed by atoms with E-state index in [9.17, 15) is 0 Å². The van der Waals surface area contributed by atoms with E-state index in [-0.39, 0.29) is 0 Å². The summed E-state index contributed by atoms with van der Waals surface area (Å²) in [7, 11) is 0. The zero-order chi connectivity index (χ0) is 37.5. The Kier molecular flexibility index (Phi) is 7.03. The van der Waals surface area contributed by atoms with Gasteiger partial charge in [-0.15, -0.1) is 11.3 Å². The van der Waals surface area contributed by atoms with Crippen LogP contribution in [0.3, 0.4) is 0 Å². The number of thiophene rings is 1. The molecule has 0 radical (unpaired) electrons. The molecule has 0 atom stereocenters. The molecule has 0 bridgehead atoms. The molecule has 0 aliphatic carbocycles. The van der Waals surface area contributed by atoms with Crippen LogP contribution in [0.15, 0.2) is 186 Å². The van der Waals surface area contributed by atoms with E-state index in [4.69, 9.17) is 19.4 Å². The van der Waals surface area contributed by atoms with Crippen molar-refractivity contribution in [3.8, 4) is 51.0 Å². The van der Waals surface area contributed by atoms with E-state index in [0.29, 0.717) is 17.5 Å². The van der Waals surface area contributed by atoms with Crippen LogP contribution in [-0.4, -0.2) is 19.5 Å². The fourth-order valence-corrected chi connectivity index (χ4v) is 9.56. The van der Waals surface area contributed by atoms with E-state index < -0.39 is 0 Å². The first-order chi connectivity index (χ1) is 28.2. The Labute approximate surface area is 330 Å². The van der Waals surface area contributed by atoms with Gasteiger partial charge in [-0.25, -0.2) is 15.0 Å². The number of rotatable bonds is 5. The van der Waals surface area contributed by atoms with E-state index in [1.54, 1.807) is 0 Å². The minimum Gasteiger partial charge on any atom is -0.456 e. The molecule has 266 valence electrons. The fraction of sp³-hybridized carbons (Fsp3) is 0. The lowest BCUT2D eigenvalue weighted by molar-refractivity contribution is 0.669. The van der Waals surface area contributed by atoms with Crippen LogP contribution in [0.25, 0.3) is 115 Å². The Morgan fingerprint density at radius 3 is 1.56 bits per heavy atom. The van der Waals surface area contributed by atoms with Gasteiger partial charge in [0, 0.05) is 64.1 Å². The summed E-state index contributed by atoms with van der Waals surface area (Å²) in [5.41, 5.74) is 10.2. The summed E-state index contributed by atoms with van der Waals surface area (Å²) in [6.07, 6.45) is 0. The minimum atomic E-state index is 0.600. The number of fused-ring (bicyclic) bond motifs is 9. The lowest BCUT2D eigenvalue weighted by atomic mass is 9.96. The molecular formula is C51H30N4OS. The van der Waals surface area contributed by atoms with Crippen molar-refractivity contribution in [2.75, 3.05) is 0 Å². The molecule has 0 saturated carbocycles. The molecule has 0 N–H and O–H groups in total. The molecule has 12 rings (SSSR count). The monoisotopic (exact) mass is 746 g/mol. The number of hydrogen-bond donors (Lipinski definition) is 0. The molecule has 5 nitrogen and oxygen atoms in total. The van der Waals surface area contributed by atoms with Crippen molar-refractivity contribution in [3.63, 3.8) is 0 Å². The molecule has 0 fully saturated rings. The van der Waals surface area contributed by atoms with Gasteiger partial charge >= 0.3 is 0 Å². The molecule has 0 spiro atoms. The van der Waals surface area contributed by atoms with Crippen molar-refractivity contribution in [2.45, 2.75) is 0 Å². The van der Waals surface area contributed by atoms with E-state index in [2.05, 4.69) is 114 Å². The maximum absolute atomic E-state index is 6.60. The highest BCUT2D eigenvalue weighted by Gasteiger charge is 2.21. The normalized spacial score (nSPS) is 11.9. The van der Waals surface area contributed by atoms with Crippen LogP contribution in [-0.2, 0) is 0 Å². The molecule has 4 aromatic heterocycles. The standard InChI is InChI=1S/C51H30N4OS/c1-3-13-31(14-4-1)49-52-50(32-15-5-2-6-16-32)54-51(53-49)38-20-12-24-44-48(38)47-35(19-11-23-43(47)56-44)33-25-27-45-39(29-33)40-30-34(26-28-46(40)57-45)55-41-21-9-7-17-36(41)37-18-8-10-22-42(37)55/h1-30H. The first-order valence-corrected chi connectivity index (χ1v) is 19.8. The van der Waals surface area contributed by atoms with Crippen LogP contribution in [0.5, 0.6) is 0 Å². The number of nitrogens with zero attached hydrogens (tertiary/aromatic N) is 4. The summed E-state index contributed by atoms with van der Waals surface area (Å²) in [4.78, 5) is 15.2. The van der Waals surface area contributed by atoms with Crippen molar-refractivity contribution < 1.29 is 4.42 Å². The van der Waals surface area contributed by atoms with Crippen LogP contribution in [0, 0.1) is 0 Å². The SMILES string of the molecule is c1ccc(-c2nc(-c3ccccc3)nc(-c3cccc4oc5cccc(-c6ccc7sc8ccc(-n9c%10ccccc%10c%10ccccc%109)cc8c7c6)c5c34)n2)cc1. The minimum absolute atomic E-state index is 0.600. The van der Waals surface area contributed by atoms with Crippen LogP contribution < -0.4 is 0 Å². The number of para-hydroxylation sites is 2. The Hall–Kier alpha value is -7.41. The summed E-state index contributed by atoms with van der Waals surface area (Å²) in [5.74, 6) is 1.85. The van der Waals surface area contributed by atoms with Crippen molar-refractivity contribution in [1.29, 1.82) is 0 Å². The largest absolute Gasteiger partial charge is 0.456 e. The first kappa shape index (κ1) is 31.9. The summed E-state index contributed by atoms with van der Waals surface area (Å²) in [5, 5.41) is 7.02. The number of aromatic nitrogens is 4. The molecule has 6 heteroatoms. The molecule has 8 aromatic carbocycles. The Morgan fingerprint density at radius 2 is 0.912 bits per heavy atom.